The van der Waals surface area contributed by atoms with Gasteiger partial charge in [-0.3, -0.25) is 4.79 Å². The first-order valence-corrected chi connectivity index (χ1v) is 11.6. The lowest BCUT2D eigenvalue weighted by Gasteiger charge is -2.36. The first kappa shape index (κ1) is 19.6. The molecule has 0 aromatic carbocycles. The van der Waals surface area contributed by atoms with E-state index >= 15 is 0 Å². The Kier molecular flexibility index (Phi) is 5.36. The van der Waals surface area contributed by atoms with Gasteiger partial charge in [-0.15, -0.1) is 0 Å². The highest BCUT2D eigenvalue weighted by Gasteiger charge is 2.51. The molecule has 1 saturated heterocycles. The van der Waals surface area contributed by atoms with Crippen LogP contribution in [-0.2, 0) is 23.4 Å². The van der Waals surface area contributed by atoms with Crippen molar-refractivity contribution in [3.63, 3.8) is 0 Å². The van der Waals surface area contributed by atoms with Gasteiger partial charge in [0.1, 0.15) is 18.3 Å². The van der Waals surface area contributed by atoms with Crippen LogP contribution < -0.4 is 0 Å². The molecule has 24 heavy (non-hydrogen) atoms. The first-order chi connectivity index (χ1) is 10.8. The minimum atomic E-state index is -1.77. The molecule has 1 aliphatic heterocycles. The van der Waals surface area contributed by atoms with Gasteiger partial charge in [0, 0.05) is 13.5 Å². The molecule has 0 aromatic rings. The molecule has 0 amide bonds. The Hall–Kier alpha value is -0.693. The van der Waals surface area contributed by atoms with Crippen molar-refractivity contribution in [3.05, 3.63) is 11.6 Å². The lowest BCUT2D eigenvalue weighted by molar-refractivity contribution is -0.166. The van der Waals surface area contributed by atoms with Gasteiger partial charge < -0.3 is 18.6 Å². The van der Waals surface area contributed by atoms with Crippen LogP contribution in [0.2, 0.25) is 18.1 Å². The fourth-order valence-electron chi connectivity index (χ4n) is 2.88. The minimum absolute atomic E-state index is 0.160. The molecule has 6 heteroatoms. The summed E-state index contributed by atoms with van der Waals surface area (Å²) in [5.41, 5.74) is 1.11. The molecular weight excluding hydrogens is 324 g/mol. The van der Waals surface area contributed by atoms with E-state index in [9.17, 15) is 4.79 Å². The topological polar surface area (TPSA) is 54.0 Å². The second-order valence-electron chi connectivity index (χ2n) is 8.70. The van der Waals surface area contributed by atoms with Gasteiger partial charge in [-0.05, 0) is 50.0 Å². The quantitative estimate of drug-likeness (QED) is 0.426. The van der Waals surface area contributed by atoms with Crippen molar-refractivity contribution in [1.29, 1.82) is 0 Å². The third kappa shape index (κ3) is 4.28. The summed E-state index contributed by atoms with van der Waals surface area (Å²) in [4.78, 5) is 11.3. The molecule has 0 bridgehead atoms. The average Bonchev–Trinajstić information content (AvgIpc) is 2.83. The maximum atomic E-state index is 11.3. The Balaban J connectivity index is 2.02. The van der Waals surface area contributed by atoms with Crippen LogP contribution in [0.5, 0.6) is 0 Å². The Morgan fingerprint density at radius 2 is 1.92 bits per heavy atom. The molecule has 2 aliphatic rings. The fraction of sp³-hybridized carbons (Fsp3) is 0.833. The van der Waals surface area contributed by atoms with Crippen molar-refractivity contribution < 1.29 is 23.4 Å². The van der Waals surface area contributed by atoms with Gasteiger partial charge in [-0.2, -0.15) is 0 Å². The minimum Gasteiger partial charge on any atom is -0.455 e. The zero-order valence-corrected chi connectivity index (χ0v) is 17.3. The Bertz CT molecular complexity index is 518. The highest BCUT2D eigenvalue weighted by molar-refractivity contribution is 6.74. The summed E-state index contributed by atoms with van der Waals surface area (Å²) in [6.45, 7) is 17.0. The van der Waals surface area contributed by atoms with Gasteiger partial charge >= 0.3 is 5.97 Å². The Morgan fingerprint density at radius 3 is 2.46 bits per heavy atom. The summed E-state index contributed by atoms with van der Waals surface area (Å²) in [5.74, 6) is -0.963. The van der Waals surface area contributed by atoms with Crippen LogP contribution in [0.1, 0.15) is 48.0 Å². The molecule has 1 aliphatic carbocycles. The number of hydrogen-bond acceptors (Lipinski definition) is 5. The number of rotatable bonds is 5. The van der Waals surface area contributed by atoms with Crippen molar-refractivity contribution in [3.8, 4) is 0 Å². The standard InChI is InChI=1S/C18H32O5Si/c1-12(19)21-14-11-13(15-16(14)23-18(5,6)22-15)9-10-20-24(7,8)17(2,3)4/h11,14-16H,9-10H2,1-8H3/t14-,15+,16-/m0/s1. The Morgan fingerprint density at radius 1 is 1.29 bits per heavy atom. The van der Waals surface area contributed by atoms with Crippen molar-refractivity contribution in [2.24, 2.45) is 0 Å². The zero-order valence-electron chi connectivity index (χ0n) is 16.3. The third-order valence-electron chi connectivity index (χ3n) is 5.16. The van der Waals surface area contributed by atoms with Crippen molar-refractivity contribution in [1.82, 2.24) is 0 Å². The van der Waals surface area contributed by atoms with Gasteiger partial charge in [0.05, 0.1) is 0 Å². The van der Waals surface area contributed by atoms with Crippen molar-refractivity contribution in [2.45, 2.75) is 90.2 Å². The van der Waals surface area contributed by atoms with E-state index < -0.39 is 14.1 Å². The summed E-state index contributed by atoms with van der Waals surface area (Å²) in [5, 5.41) is 0.189. The molecule has 0 spiro atoms. The lowest BCUT2D eigenvalue weighted by Crippen LogP contribution is -2.41. The molecule has 3 atom stereocenters. The van der Waals surface area contributed by atoms with Gasteiger partial charge in [0.15, 0.2) is 14.1 Å². The fourth-order valence-corrected chi connectivity index (χ4v) is 3.92. The van der Waals surface area contributed by atoms with Crippen LogP contribution in [0.15, 0.2) is 11.6 Å². The number of carbonyl (C=O) groups is 1. The molecule has 0 saturated carbocycles. The summed E-state index contributed by atoms with van der Waals surface area (Å²) >= 11 is 0. The van der Waals surface area contributed by atoms with Gasteiger partial charge in [0.2, 0.25) is 0 Å². The van der Waals surface area contributed by atoms with Crippen molar-refractivity contribution in [2.75, 3.05) is 6.61 Å². The molecule has 138 valence electrons. The summed E-state index contributed by atoms with van der Waals surface area (Å²) < 4.78 is 23.6. The number of ether oxygens (including phenoxy) is 3. The summed E-state index contributed by atoms with van der Waals surface area (Å²) in [6.07, 6.45) is 1.95. The molecule has 0 aromatic heterocycles. The van der Waals surface area contributed by atoms with Crippen LogP contribution in [-0.4, -0.2) is 45.0 Å². The van der Waals surface area contributed by atoms with E-state index in [0.717, 1.165) is 12.0 Å². The smallest absolute Gasteiger partial charge is 0.303 e. The number of fused-ring (bicyclic) bond motifs is 1. The van der Waals surface area contributed by atoms with Crippen LogP contribution in [0, 0.1) is 0 Å². The monoisotopic (exact) mass is 356 g/mol. The first-order valence-electron chi connectivity index (χ1n) is 8.70. The van der Waals surface area contributed by atoms with E-state index in [0.29, 0.717) is 6.61 Å². The molecule has 5 nitrogen and oxygen atoms in total. The normalized spacial score (nSPS) is 29.3. The number of hydrogen-bond donors (Lipinski definition) is 0. The second kappa shape index (κ2) is 6.55. The van der Waals surface area contributed by atoms with Crippen LogP contribution in [0.4, 0.5) is 0 Å². The van der Waals surface area contributed by atoms with Crippen LogP contribution in [0.25, 0.3) is 0 Å². The SMILES string of the molecule is CC(=O)O[C@H]1C=C(CCO[Si](C)(C)C(C)(C)C)[C@H]2OC(C)(C)O[C@@H]12. The summed E-state index contributed by atoms with van der Waals surface area (Å²) in [7, 11) is -1.77. The van der Waals surface area contributed by atoms with E-state index in [1.165, 1.54) is 6.92 Å². The molecule has 0 N–H and O–H groups in total. The highest BCUT2D eigenvalue weighted by Crippen LogP contribution is 2.41. The Labute approximate surface area is 146 Å². The lowest BCUT2D eigenvalue weighted by atomic mass is 10.1. The van der Waals surface area contributed by atoms with E-state index in [1.54, 1.807) is 0 Å². The summed E-state index contributed by atoms with van der Waals surface area (Å²) in [6, 6.07) is 0. The van der Waals surface area contributed by atoms with E-state index in [-0.39, 0.29) is 29.3 Å². The maximum Gasteiger partial charge on any atom is 0.303 e. The van der Waals surface area contributed by atoms with Gasteiger partial charge in [-0.1, -0.05) is 20.8 Å². The molecule has 0 radical (unpaired) electrons. The van der Waals surface area contributed by atoms with Gasteiger partial charge in [-0.25, -0.2) is 0 Å². The largest absolute Gasteiger partial charge is 0.455 e. The zero-order chi connectivity index (χ0) is 18.3. The highest BCUT2D eigenvalue weighted by atomic mass is 28.4. The van der Waals surface area contributed by atoms with Crippen molar-refractivity contribution >= 4 is 14.3 Å². The average molecular weight is 357 g/mol. The molecule has 0 unspecified atom stereocenters. The second-order valence-corrected chi connectivity index (χ2v) is 13.5. The molecular formula is C18H32O5Si. The van der Waals surface area contributed by atoms with Crippen LogP contribution in [0.3, 0.4) is 0 Å². The molecule has 2 rings (SSSR count). The van der Waals surface area contributed by atoms with Crippen LogP contribution >= 0.6 is 0 Å². The van der Waals surface area contributed by atoms with E-state index in [1.807, 2.05) is 19.9 Å². The predicted octanol–water partition coefficient (Wildman–Crippen LogP) is 3.79. The van der Waals surface area contributed by atoms with E-state index in [4.69, 9.17) is 18.6 Å². The third-order valence-corrected chi connectivity index (χ3v) is 9.70. The van der Waals surface area contributed by atoms with Gasteiger partial charge in [0.25, 0.3) is 0 Å². The molecule has 1 heterocycles. The number of esters is 1. The van der Waals surface area contributed by atoms with E-state index in [2.05, 4.69) is 33.9 Å². The maximum absolute atomic E-state index is 11.3. The molecule has 1 fully saturated rings. The number of carbonyl (C=O) groups excluding carboxylic acids is 1. The predicted molar refractivity (Wildman–Crippen MR) is 95.2 cm³/mol.